The molecule has 39 heavy (non-hydrogen) atoms. The van der Waals surface area contributed by atoms with Crippen LogP contribution in [0.5, 0.6) is 0 Å². The van der Waals surface area contributed by atoms with Crippen molar-refractivity contribution < 1.29 is 34.0 Å². The van der Waals surface area contributed by atoms with E-state index in [0.29, 0.717) is 26.2 Å². The van der Waals surface area contributed by atoms with E-state index in [9.17, 15) is 19.8 Å². The fourth-order valence-electron chi connectivity index (χ4n) is 4.10. The van der Waals surface area contributed by atoms with Gasteiger partial charge in [-0.2, -0.15) is 0 Å². The van der Waals surface area contributed by atoms with Crippen LogP contribution in [0.1, 0.15) is 31.9 Å². The molecule has 1 aliphatic heterocycles. The average molecular weight is 543 g/mol. The molecule has 4 atom stereocenters. The lowest BCUT2D eigenvalue weighted by molar-refractivity contribution is -0.186. The van der Waals surface area contributed by atoms with Crippen LogP contribution in [0.2, 0.25) is 0 Å². The molecular formula is C30H42N2O7. The molecule has 1 amide bonds. The molecule has 3 rings (SSSR count). The quantitative estimate of drug-likeness (QED) is 0.393. The standard InChI is InChI=1S/C30H42N2O7/c1-30(2,3)29(36)39-21-24(33)25(34)26(37-19-22-11-7-5-8-12-22)27(38-20-23-13-9-6-10-14-23)28(35)32-17-15-31(4)16-18-32/h5-14,24-27,33-34H,15-21H2,1-4H3/t24?,25-,26+,27-/m1/s1. The van der Waals surface area contributed by atoms with Crippen molar-refractivity contribution in [2.75, 3.05) is 39.8 Å². The van der Waals surface area contributed by atoms with E-state index in [1.165, 1.54) is 0 Å². The third-order valence-corrected chi connectivity index (χ3v) is 6.64. The molecule has 0 aliphatic carbocycles. The van der Waals surface area contributed by atoms with Gasteiger partial charge in [0, 0.05) is 26.2 Å². The summed E-state index contributed by atoms with van der Waals surface area (Å²) in [6, 6.07) is 18.8. The number of aliphatic hydroxyl groups is 2. The molecule has 1 saturated heterocycles. The summed E-state index contributed by atoms with van der Waals surface area (Å²) in [6.07, 6.45) is -5.51. The topological polar surface area (TPSA) is 109 Å². The second kappa shape index (κ2) is 14.5. The van der Waals surface area contributed by atoms with Crippen molar-refractivity contribution in [1.29, 1.82) is 0 Å². The van der Waals surface area contributed by atoms with Crippen molar-refractivity contribution in [2.24, 2.45) is 5.41 Å². The summed E-state index contributed by atoms with van der Waals surface area (Å²) in [5, 5.41) is 22.2. The van der Waals surface area contributed by atoms with Gasteiger partial charge in [-0.25, -0.2) is 0 Å². The predicted molar refractivity (Wildman–Crippen MR) is 147 cm³/mol. The first-order chi connectivity index (χ1) is 18.6. The van der Waals surface area contributed by atoms with Crippen molar-refractivity contribution in [3.8, 4) is 0 Å². The number of nitrogens with zero attached hydrogens (tertiary/aromatic N) is 2. The molecule has 0 bridgehead atoms. The highest BCUT2D eigenvalue weighted by molar-refractivity contribution is 5.82. The molecule has 1 aliphatic rings. The van der Waals surface area contributed by atoms with E-state index in [1.54, 1.807) is 25.7 Å². The van der Waals surface area contributed by atoms with E-state index in [-0.39, 0.29) is 19.1 Å². The van der Waals surface area contributed by atoms with Crippen molar-refractivity contribution in [2.45, 2.75) is 58.4 Å². The molecule has 9 nitrogen and oxygen atoms in total. The number of rotatable bonds is 12. The lowest BCUT2D eigenvalue weighted by Gasteiger charge is -2.38. The Labute approximate surface area is 231 Å². The number of hydrogen-bond donors (Lipinski definition) is 2. The Bertz CT molecular complexity index is 1020. The summed E-state index contributed by atoms with van der Waals surface area (Å²) in [5.41, 5.74) is 0.911. The number of carbonyl (C=O) groups is 2. The normalized spacial score (nSPS) is 17.7. The lowest BCUT2D eigenvalue weighted by atomic mass is 9.97. The van der Waals surface area contributed by atoms with Gasteiger partial charge in [0.15, 0.2) is 6.10 Å². The van der Waals surface area contributed by atoms with Gasteiger partial charge < -0.3 is 34.2 Å². The molecule has 1 unspecified atom stereocenters. The minimum atomic E-state index is -1.57. The number of piperazine rings is 1. The van der Waals surface area contributed by atoms with E-state index < -0.39 is 42.4 Å². The summed E-state index contributed by atoms with van der Waals surface area (Å²) >= 11 is 0. The average Bonchev–Trinajstić information content (AvgIpc) is 2.93. The van der Waals surface area contributed by atoms with Crippen LogP contribution >= 0.6 is 0 Å². The Morgan fingerprint density at radius 3 is 1.87 bits per heavy atom. The van der Waals surface area contributed by atoms with Crippen molar-refractivity contribution in [3.63, 3.8) is 0 Å². The fraction of sp³-hybridized carbons (Fsp3) is 0.533. The highest BCUT2D eigenvalue weighted by atomic mass is 16.6. The van der Waals surface area contributed by atoms with Gasteiger partial charge in [0.2, 0.25) is 0 Å². The first-order valence-electron chi connectivity index (χ1n) is 13.4. The molecule has 1 fully saturated rings. The number of amides is 1. The number of benzene rings is 2. The van der Waals surface area contributed by atoms with E-state index in [0.717, 1.165) is 11.1 Å². The van der Waals surface area contributed by atoms with E-state index in [2.05, 4.69) is 4.90 Å². The Hall–Kier alpha value is -2.82. The molecule has 2 N–H and O–H groups in total. The molecule has 2 aromatic carbocycles. The SMILES string of the molecule is CN1CCN(C(=O)[C@H](OCc2ccccc2)[C@@H](OCc2ccccc2)[C@H](O)C(O)COC(=O)C(C)(C)C)CC1. The minimum absolute atomic E-state index is 0.0816. The second-order valence-electron chi connectivity index (χ2n) is 11.0. The van der Waals surface area contributed by atoms with Gasteiger partial charge in [0.25, 0.3) is 5.91 Å². The molecule has 0 aromatic heterocycles. The summed E-state index contributed by atoms with van der Waals surface area (Å²) in [4.78, 5) is 29.9. The van der Waals surface area contributed by atoms with E-state index >= 15 is 0 Å². The minimum Gasteiger partial charge on any atom is -0.462 e. The monoisotopic (exact) mass is 542 g/mol. The fourth-order valence-corrected chi connectivity index (χ4v) is 4.10. The van der Waals surface area contributed by atoms with Crippen LogP contribution in [-0.4, -0.2) is 96.1 Å². The van der Waals surface area contributed by atoms with Crippen LogP contribution in [0.15, 0.2) is 60.7 Å². The summed E-state index contributed by atoms with van der Waals surface area (Å²) in [5.74, 6) is -0.837. The summed E-state index contributed by atoms with van der Waals surface area (Å²) < 4.78 is 17.6. The number of likely N-dealkylation sites (N-methyl/N-ethyl adjacent to an activating group) is 1. The van der Waals surface area contributed by atoms with Crippen molar-refractivity contribution >= 4 is 11.9 Å². The zero-order valence-corrected chi connectivity index (χ0v) is 23.4. The van der Waals surface area contributed by atoms with Gasteiger partial charge in [0.05, 0.1) is 18.6 Å². The first kappa shape index (κ1) is 30.7. The zero-order chi connectivity index (χ0) is 28.4. The second-order valence-corrected chi connectivity index (χ2v) is 11.0. The molecule has 2 aromatic rings. The molecule has 0 spiro atoms. The van der Waals surface area contributed by atoms with Gasteiger partial charge in [-0.05, 0) is 38.9 Å². The molecule has 9 heteroatoms. The van der Waals surface area contributed by atoms with Crippen molar-refractivity contribution in [3.05, 3.63) is 71.8 Å². The van der Waals surface area contributed by atoms with Crippen LogP contribution in [0.25, 0.3) is 0 Å². The van der Waals surface area contributed by atoms with Crippen molar-refractivity contribution in [1.82, 2.24) is 9.80 Å². The Balaban J connectivity index is 1.85. The first-order valence-corrected chi connectivity index (χ1v) is 13.4. The van der Waals surface area contributed by atoms with Crippen LogP contribution in [-0.2, 0) is 37.0 Å². The van der Waals surface area contributed by atoms with Crippen LogP contribution in [0, 0.1) is 5.41 Å². The Morgan fingerprint density at radius 1 is 0.846 bits per heavy atom. The summed E-state index contributed by atoms with van der Waals surface area (Å²) in [7, 11) is 2.00. The molecule has 214 valence electrons. The number of ether oxygens (including phenoxy) is 3. The maximum Gasteiger partial charge on any atom is 0.311 e. The maximum absolute atomic E-state index is 13.8. The molecule has 0 saturated carbocycles. The van der Waals surface area contributed by atoms with Gasteiger partial charge in [-0.1, -0.05) is 60.7 Å². The largest absolute Gasteiger partial charge is 0.462 e. The molecular weight excluding hydrogens is 500 g/mol. The third kappa shape index (κ3) is 9.40. The lowest BCUT2D eigenvalue weighted by Crippen LogP contribution is -2.57. The van der Waals surface area contributed by atoms with Crippen LogP contribution in [0.4, 0.5) is 0 Å². The Morgan fingerprint density at radius 2 is 1.36 bits per heavy atom. The van der Waals surface area contributed by atoms with Gasteiger partial charge in [-0.3, -0.25) is 9.59 Å². The zero-order valence-electron chi connectivity index (χ0n) is 23.4. The number of aliphatic hydroxyl groups excluding tert-OH is 2. The number of hydrogen-bond acceptors (Lipinski definition) is 8. The highest BCUT2D eigenvalue weighted by Crippen LogP contribution is 2.21. The molecule has 0 radical (unpaired) electrons. The van der Waals surface area contributed by atoms with Crippen LogP contribution < -0.4 is 0 Å². The summed E-state index contributed by atoms with van der Waals surface area (Å²) in [6.45, 7) is 7.28. The van der Waals surface area contributed by atoms with Gasteiger partial charge in [-0.15, -0.1) is 0 Å². The smallest absolute Gasteiger partial charge is 0.311 e. The van der Waals surface area contributed by atoms with Crippen LogP contribution in [0.3, 0.4) is 0 Å². The predicted octanol–water partition coefficient (Wildman–Crippen LogP) is 2.24. The highest BCUT2D eigenvalue weighted by Gasteiger charge is 2.42. The van der Waals surface area contributed by atoms with E-state index in [1.807, 2.05) is 67.7 Å². The molecule has 1 heterocycles. The van der Waals surface area contributed by atoms with Gasteiger partial charge in [0.1, 0.15) is 24.9 Å². The Kier molecular flexibility index (Phi) is 11.4. The maximum atomic E-state index is 13.8. The number of esters is 1. The number of carbonyl (C=O) groups excluding carboxylic acids is 2. The third-order valence-electron chi connectivity index (χ3n) is 6.64. The van der Waals surface area contributed by atoms with E-state index in [4.69, 9.17) is 14.2 Å². The van der Waals surface area contributed by atoms with Gasteiger partial charge >= 0.3 is 5.97 Å².